The molecule has 0 saturated carbocycles. The highest BCUT2D eigenvalue weighted by molar-refractivity contribution is 5.29. The molecule has 0 spiro atoms. The predicted octanol–water partition coefficient (Wildman–Crippen LogP) is 2.69. The molecule has 0 bridgehead atoms. The molecule has 0 saturated heterocycles. The molecule has 0 fully saturated rings. The summed E-state index contributed by atoms with van der Waals surface area (Å²) in [5, 5.41) is 0. The Kier molecular flexibility index (Phi) is 4.01. The van der Waals surface area contributed by atoms with Crippen molar-refractivity contribution in [3.05, 3.63) is 35.4 Å². The zero-order chi connectivity index (χ0) is 10.6. The fraction of sp³-hybridized carbons (Fsp3) is 0.455. The van der Waals surface area contributed by atoms with Gasteiger partial charge in [0.1, 0.15) is 0 Å². The third-order valence-electron chi connectivity index (χ3n) is 2.37. The molecule has 0 aromatic heterocycles. The Morgan fingerprint density at radius 3 is 2.43 bits per heavy atom. The first-order valence-corrected chi connectivity index (χ1v) is 4.70. The van der Waals surface area contributed by atoms with E-state index in [-0.39, 0.29) is 0 Å². The van der Waals surface area contributed by atoms with Crippen LogP contribution in [0.4, 0.5) is 8.78 Å². The van der Waals surface area contributed by atoms with Gasteiger partial charge >= 0.3 is 0 Å². The van der Waals surface area contributed by atoms with Gasteiger partial charge in [0, 0.05) is 5.92 Å². The van der Waals surface area contributed by atoms with Crippen LogP contribution in [0.3, 0.4) is 0 Å². The van der Waals surface area contributed by atoms with Gasteiger partial charge in [-0.3, -0.25) is 0 Å². The first kappa shape index (κ1) is 11.1. The van der Waals surface area contributed by atoms with E-state index in [0.717, 1.165) is 5.56 Å². The standard InChI is InChI=1S/C11H15F2N/c1-8-4-2-3-5-9(8)10(6-7-14)11(12)13/h2-5,10-11H,6-7,14H2,1H3. The van der Waals surface area contributed by atoms with Crippen molar-refractivity contribution in [1.82, 2.24) is 0 Å². The van der Waals surface area contributed by atoms with E-state index >= 15 is 0 Å². The Labute approximate surface area is 82.9 Å². The van der Waals surface area contributed by atoms with Crippen molar-refractivity contribution in [2.75, 3.05) is 6.54 Å². The zero-order valence-corrected chi connectivity index (χ0v) is 8.21. The van der Waals surface area contributed by atoms with E-state index < -0.39 is 12.3 Å². The monoisotopic (exact) mass is 199 g/mol. The van der Waals surface area contributed by atoms with Crippen molar-refractivity contribution < 1.29 is 8.78 Å². The summed E-state index contributed by atoms with van der Waals surface area (Å²) in [7, 11) is 0. The third-order valence-corrected chi connectivity index (χ3v) is 2.37. The van der Waals surface area contributed by atoms with Crippen LogP contribution in [0.15, 0.2) is 24.3 Å². The van der Waals surface area contributed by atoms with Crippen LogP contribution in [0.1, 0.15) is 23.5 Å². The van der Waals surface area contributed by atoms with E-state index in [9.17, 15) is 8.78 Å². The van der Waals surface area contributed by atoms with Crippen molar-refractivity contribution >= 4 is 0 Å². The molecule has 1 nitrogen and oxygen atoms in total. The van der Waals surface area contributed by atoms with Crippen LogP contribution in [0.25, 0.3) is 0 Å². The minimum atomic E-state index is -2.33. The normalized spacial score (nSPS) is 13.2. The van der Waals surface area contributed by atoms with Crippen molar-refractivity contribution in [2.45, 2.75) is 25.7 Å². The summed E-state index contributed by atoms with van der Waals surface area (Å²) >= 11 is 0. The van der Waals surface area contributed by atoms with Gasteiger partial charge in [0.15, 0.2) is 0 Å². The highest BCUT2D eigenvalue weighted by Crippen LogP contribution is 2.28. The smallest absolute Gasteiger partial charge is 0.245 e. The van der Waals surface area contributed by atoms with E-state index in [1.807, 2.05) is 19.1 Å². The van der Waals surface area contributed by atoms with Crippen LogP contribution in [0.5, 0.6) is 0 Å². The Bertz CT molecular complexity index is 286. The Hall–Kier alpha value is -0.960. The van der Waals surface area contributed by atoms with E-state index in [2.05, 4.69) is 0 Å². The lowest BCUT2D eigenvalue weighted by Gasteiger charge is -2.17. The summed E-state index contributed by atoms with van der Waals surface area (Å²) in [5.74, 6) is -0.721. The van der Waals surface area contributed by atoms with Crippen LogP contribution in [0.2, 0.25) is 0 Å². The first-order chi connectivity index (χ1) is 6.66. The van der Waals surface area contributed by atoms with E-state index in [1.165, 1.54) is 0 Å². The van der Waals surface area contributed by atoms with Gasteiger partial charge in [-0.2, -0.15) is 0 Å². The van der Waals surface area contributed by atoms with Crippen molar-refractivity contribution in [1.29, 1.82) is 0 Å². The van der Waals surface area contributed by atoms with Gasteiger partial charge in [0.05, 0.1) is 0 Å². The Morgan fingerprint density at radius 2 is 1.93 bits per heavy atom. The molecule has 1 aromatic carbocycles. The number of hydrogen-bond acceptors (Lipinski definition) is 1. The second-order valence-electron chi connectivity index (χ2n) is 3.37. The molecule has 0 amide bonds. The molecule has 1 atom stereocenters. The van der Waals surface area contributed by atoms with Crippen molar-refractivity contribution in [3.8, 4) is 0 Å². The van der Waals surface area contributed by atoms with Crippen molar-refractivity contribution in [3.63, 3.8) is 0 Å². The van der Waals surface area contributed by atoms with Gasteiger partial charge in [-0.15, -0.1) is 0 Å². The fourth-order valence-electron chi connectivity index (χ4n) is 1.60. The molecule has 0 heterocycles. The molecule has 1 rings (SSSR count). The van der Waals surface area contributed by atoms with Gasteiger partial charge in [-0.05, 0) is 31.0 Å². The maximum atomic E-state index is 12.7. The Balaban J connectivity index is 2.93. The number of nitrogens with two attached hydrogens (primary N) is 1. The number of rotatable bonds is 4. The van der Waals surface area contributed by atoms with Gasteiger partial charge < -0.3 is 5.73 Å². The molecule has 0 aliphatic rings. The molecule has 14 heavy (non-hydrogen) atoms. The van der Waals surface area contributed by atoms with Crippen molar-refractivity contribution in [2.24, 2.45) is 5.73 Å². The summed E-state index contributed by atoms with van der Waals surface area (Å²) in [6.07, 6.45) is -2.00. The maximum absolute atomic E-state index is 12.7. The van der Waals surface area contributed by atoms with E-state index in [1.54, 1.807) is 12.1 Å². The maximum Gasteiger partial charge on any atom is 0.245 e. The topological polar surface area (TPSA) is 26.0 Å². The molecule has 0 aliphatic heterocycles. The Morgan fingerprint density at radius 1 is 1.29 bits per heavy atom. The summed E-state index contributed by atoms with van der Waals surface area (Å²) in [6.45, 7) is 2.14. The molecule has 1 unspecified atom stereocenters. The van der Waals surface area contributed by atoms with E-state index in [4.69, 9.17) is 5.73 Å². The minimum Gasteiger partial charge on any atom is -0.330 e. The lowest BCUT2D eigenvalue weighted by atomic mass is 9.92. The second-order valence-corrected chi connectivity index (χ2v) is 3.37. The molecule has 0 aliphatic carbocycles. The van der Waals surface area contributed by atoms with Crippen LogP contribution in [-0.4, -0.2) is 13.0 Å². The zero-order valence-electron chi connectivity index (χ0n) is 8.21. The number of alkyl halides is 2. The average Bonchev–Trinajstić information content (AvgIpc) is 2.15. The van der Waals surface area contributed by atoms with Crippen LogP contribution in [-0.2, 0) is 0 Å². The quantitative estimate of drug-likeness (QED) is 0.792. The lowest BCUT2D eigenvalue weighted by molar-refractivity contribution is 0.110. The molecule has 1 aromatic rings. The average molecular weight is 199 g/mol. The SMILES string of the molecule is Cc1ccccc1C(CCN)C(F)F. The molecule has 0 radical (unpaired) electrons. The molecule has 78 valence electrons. The van der Waals surface area contributed by atoms with Crippen LogP contribution in [0, 0.1) is 6.92 Å². The summed E-state index contributed by atoms with van der Waals surface area (Å²) < 4.78 is 25.4. The minimum absolute atomic E-state index is 0.295. The summed E-state index contributed by atoms with van der Waals surface area (Å²) in [5.41, 5.74) is 6.95. The van der Waals surface area contributed by atoms with Gasteiger partial charge in [-0.1, -0.05) is 24.3 Å². The largest absolute Gasteiger partial charge is 0.330 e. The van der Waals surface area contributed by atoms with Gasteiger partial charge in [0.2, 0.25) is 6.43 Å². The lowest BCUT2D eigenvalue weighted by Crippen LogP contribution is -2.15. The van der Waals surface area contributed by atoms with E-state index in [0.29, 0.717) is 18.5 Å². The summed E-state index contributed by atoms with van der Waals surface area (Å²) in [4.78, 5) is 0. The van der Waals surface area contributed by atoms with Gasteiger partial charge in [0.25, 0.3) is 0 Å². The summed E-state index contributed by atoms with van der Waals surface area (Å²) in [6, 6.07) is 7.24. The van der Waals surface area contributed by atoms with Gasteiger partial charge in [-0.25, -0.2) is 8.78 Å². The van der Waals surface area contributed by atoms with Crippen LogP contribution >= 0.6 is 0 Å². The number of halogens is 2. The number of hydrogen-bond donors (Lipinski definition) is 1. The second kappa shape index (κ2) is 5.05. The highest BCUT2D eigenvalue weighted by atomic mass is 19.3. The molecular weight excluding hydrogens is 184 g/mol. The molecule has 2 N–H and O–H groups in total. The number of benzene rings is 1. The molecule has 3 heteroatoms. The molecular formula is C11H15F2N. The first-order valence-electron chi connectivity index (χ1n) is 4.70. The fourth-order valence-corrected chi connectivity index (χ4v) is 1.60. The predicted molar refractivity (Wildman–Crippen MR) is 53.6 cm³/mol. The van der Waals surface area contributed by atoms with Crippen LogP contribution < -0.4 is 5.73 Å². The number of aryl methyl sites for hydroxylation is 1. The highest BCUT2D eigenvalue weighted by Gasteiger charge is 2.22. The third kappa shape index (κ3) is 2.51.